The van der Waals surface area contributed by atoms with Crippen LogP contribution in [0.5, 0.6) is 5.75 Å². The lowest BCUT2D eigenvalue weighted by atomic mass is 9.89. The van der Waals surface area contributed by atoms with Gasteiger partial charge in [-0.25, -0.2) is 9.37 Å². The molecule has 1 aromatic heterocycles. The number of anilines is 1. The number of rotatable bonds is 5. The highest BCUT2D eigenvalue weighted by molar-refractivity contribution is 5.94. The molecule has 7 nitrogen and oxygen atoms in total. The number of primary amides is 1. The summed E-state index contributed by atoms with van der Waals surface area (Å²) in [6.07, 6.45) is 1.83. The van der Waals surface area contributed by atoms with Gasteiger partial charge in [-0.05, 0) is 42.0 Å². The number of nitrogens with one attached hydrogen (secondary N) is 1. The lowest BCUT2D eigenvalue weighted by molar-refractivity contribution is -0.120. The van der Waals surface area contributed by atoms with E-state index < -0.39 is 5.91 Å². The zero-order valence-corrected chi connectivity index (χ0v) is 14.8. The molecule has 0 fully saturated rings. The number of hydrogen-bond acceptors (Lipinski definition) is 4. The van der Waals surface area contributed by atoms with Crippen molar-refractivity contribution in [3.63, 3.8) is 0 Å². The highest BCUT2D eigenvalue weighted by Crippen LogP contribution is 2.38. The van der Waals surface area contributed by atoms with Crippen LogP contribution in [0.3, 0.4) is 0 Å². The Morgan fingerprint density at radius 1 is 1.29 bits per heavy atom. The predicted molar refractivity (Wildman–Crippen MR) is 99.7 cm³/mol. The van der Waals surface area contributed by atoms with Crippen molar-refractivity contribution in [1.29, 1.82) is 0 Å². The number of hydrogen-bond donors (Lipinski definition) is 2. The smallest absolute Gasteiger partial charge is 0.255 e. The van der Waals surface area contributed by atoms with Crippen molar-refractivity contribution in [2.75, 3.05) is 11.9 Å². The van der Waals surface area contributed by atoms with E-state index in [-0.39, 0.29) is 30.7 Å². The van der Waals surface area contributed by atoms with Crippen molar-refractivity contribution in [3.8, 4) is 11.4 Å². The van der Waals surface area contributed by atoms with E-state index in [4.69, 9.17) is 10.5 Å². The first-order valence-electron chi connectivity index (χ1n) is 8.65. The summed E-state index contributed by atoms with van der Waals surface area (Å²) in [7, 11) is 0. The standard InChI is InChI=1S/C20H17FN4O3/c21-13-4-6-14(7-5-13)25-11-23-19-16(9-18(27)24-20(19)25)12-2-1-3-15(8-12)28-10-17(22)26/h1-8,11,16H,9-10H2,(H2,22,26)(H,24,27)/t16-/m0/s1. The molecule has 3 aromatic rings. The fourth-order valence-electron chi connectivity index (χ4n) is 3.26. The van der Waals surface area contributed by atoms with Crippen LogP contribution in [0.15, 0.2) is 54.9 Å². The molecule has 2 aromatic carbocycles. The molecule has 1 aliphatic rings. The van der Waals surface area contributed by atoms with E-state index in [1.165, 1.54) is 12.1 Å². The molecule has 2 heterocycles. The van der Waals surface area contributed by atoms with Crippen LogP contribution >= 0.6 is 0 Å². The Morgan fingerprint density at radius 3 is 2.82 bits per heavy atom. The van der Waals surface area contributed by atoms with Crippen LogP contribution in [0, 0.1) is 5.82 Å². The van der Waals surface area contributed by atoms with E-state index in [1.807, 2.05) is 6.07 Å². The number of nitrogens with two attached hydrogens (primary N) is 1. The number of aromatic nitrogens is 2. The number of fused-ring (bicyclic) bond motifs is 1. The van der Waals surface area contributed by atoms with Crippen LogP contribution in [-0.4, -0.2) is 28.0 Å². The maximum atomic E-state index is 13.2. The van der Waals surface area contributed by atoms with E-state index in [0.717, 1.165) is 5.56 Å². The fourth-order valence-corrected chi connectivity index (χ4v) is 3.26. The van der Waals surface area contributed by atoms with Crippen LogP contribution in [-0.2, 0) is 9.59 Å². The van der Waals surface area contributed by atoms with Gasteiger partial charge < -0.3 is 15.8 Å². The molecule has 1 aliphatic heterocycles. The van der Waals surface area contributed by atoms with E-state index >= 15 is 0 Å². The number of carbonyl (C=O) groups is 2. The zero-order chi connectivity index (χ0) is 19.7. The van der Waals surface area contributed by atoms with E-state index in [1.54, 1.807) is 41.2 Å². The topological polar surface area (TPSA) is 99.2 Å². The number of benzene rings is 2. The molecule has 28 heavy (non-hydrogen) atoms. The van der Waals surface area contributed by atoms with Crippen molar-refractivity contribution in [2.45, 2.75) is 12.3 Å². The quantitative estimate of drug-likeness (QED) is 0.710. The van der Waals surface area contributed by atoms with Crippen molar-refractivity contribution >= 4 is 17.6 Å². The first-order valence-corrected chi connectivity index (χ1v) is 8.65. The summed E-state index contributed by atoms with van der Waals surface area (Å²) in [5.74, 6) is -0.291. The van der Waals surface area contributed by atoms with E-state index in [0.29, 0.717) is 22.9 Å². The summed E-state index contributed by atoms with van der Waals surface area (Å²) in [6, 6.07) is 13.1. The molecule has 0 spiro atoms. The van der Waals surface area contributed by atoms with Crippen LogP contribution in [0.4, 0.5) is 10.2 Å². The number of amides is 2. The lowest BCUT2D eigenvalue weighted by Gasteiger charge is -2.23. The molecular formula is C20H17FN4O3. The molecule has 0 unspecified atom stereocenters. The summed E-state index contributed by atoms with van der Waals surface area (Å²) in [5.41, 5.74) is 7.35. The Bertz CT molecular complexity index is 1050. The molecule has 2 amide bonds. The van der Waals surface area contributed by atoms with Crippen molar-refractivity contribution < 1.29 is 18.7 Å². The maximum Gasteiger partial charge on any atom is 0.255 e. The van der Waals surface area contributed by atoms with Crippen LogP contribution < -0.4 is 15.8 Å². The third-order valence-electron chi connectivity index (χ3n) is 4.52. The molecule has 1 atom stereocenters. The van der Waals surface area contributed by atoms with Gasteiger partial charge in [-0.15, -0.1) is 0 Å². The minimum Gasteiger partial charge on any atom is -0.484 e. The Balaban J connectivity index is 1.70. The highest BCUT2D eigenvalue weighted by Gasteiger charge is 2.31. The Hall–Kier alpha value is -3.68. The third-order valence-corrected chi connectivity index (χ3v) is 4.52. The normalized spacial score (nSPS) is 15.6. The number of nitrogens with zero attached hydrogens (tertiary/aromatic N) is 2. The number of carbonyl (C=O) groups excluding carboxylic acids is 2. The van der Waals surface area contributed by atoms with Gasteiger partial charge in [0.1, 0.15) is 23.7 Å². The minimum atomic E-state index is -0.567. The SMILES string of the molecule is NC(=O)COc1cccc([C@@H]2CC(=O)Nc3c2ncn3-c2ccc(F)cc2)c1. The average Bonchev–Trinajstić information content (AvgIpc) is 3.10. The second-order valence-corrected chi connectivity index (χ2v) is 6.46. The Kier molecular flexibility index (Phi) is 4.52. The van der Waals surface area contributed by atoms with Crippen molar-refractivity contribution in [1.82, 2.24) is 9.55 Å². The number of imidazole rings is 1. The molecule has 0 aliphatic carbocycles. The van der Waals surface area contributed by atoms with Gasteiger partial charge in [0.2, 0.25) is 5.91 Å². The minimum absolute atomic E-state index is 0.148. The van der Waals surface area contributed by atoms with Gasteiger partial charge in [-0.3, -0.25) is 14.2 Å². The van der Waals surface area contributed by atoms with Gasteiger partial charge in [0, 0.05) is 18.0 Å². The molecule has 3 N–H and O–H groups in total. The van der Waals surface area contributed by atoms with Gasteiger partial charge in [-0.2, -0.15) is 0 Å². The van der Waals surface area contributed by atoms with Crippen LogP contribution in [0.1, 0.15) is 23.6 Å². The molecule has 8 heteroatoms. The maximum absolute atomic E-state index is 13.2. The first kappa shape index (κ1) is 17.7. The van der Waals surface area contributed by atoms with Gasteiger partial charge >= 0.3 is 0 Å². The highest BCUT2D eigenvalue weighted by atomic mass is 19.1. The molecule has 0 saturated heterocycles. The second kappa shape index (κ2) is 7.15. The molecule has 4 rings (SSSR count). The first-order chi connectivity index (χ1) is 13.5. The van der Waals surface area contributed by atoms with E-state index in [9.17, 15) is 14.0 Å². The summed E-state index contributed by atoms with van der Waals surface area (Å²) in [4.78, 5) is 27.8. The van der Waals surface area contributed by atoms with Crippen LogP contribution in [0.2, 0.25) is 0 Å². The van der Waals surface area contributed by atoms with Crippen molar-refractivity contribution in [3.05, 3.63) is 71.9 Å². The monoisotopic (exact) mass is 380 g/mol. The molecule has 0 saturated carbocycles. The Labute approximate surface area is 159 Å². The lowest BCUT2D eigenvalue weighted by Crippen LogP contribution is -2.25. The molecule has 0 bridgehead atoms. The molecule has 0 radical (unpaired) electrons. The third kappa shape index (κ3) is 3.44. The van der Waals surface area contributed by atoms with Crippen LogP contribution in [0.25, 0.3) is 5.69 Å². The summed E-state index contributed by atoms with van der Waals surface area (Å²) < 4.78 is 20.3. The predicted octanol–water partition coefficient (Wildman–Crippen LogP) is 2.35. The van der Waals surface area contributed by atoms with Gasteiger partial charge in [0.25, 0.3) is 5.91 Å². The van der Waals surface area contributed by atoms with Crippen molar-refractivity contribution in [2.24, 2.45) is 5.73 Å². The van der Waals surface area contributed by atoms with E-state index in [2.05, 4.69) is 10.3 Å². The molecule has 142 valence electrons. The number of ether oxygens (including phenoxy) is 1. The Morgan fingerprint density at radius 2 is 2.07 bits per heavy atom. The molecular weight excluding hydrogens is 363 g/mol. The average molecular weight is 380 g/mol. The van der Waals surface area contributed by atoms with Gasteiger partial charge in [0.15, 0.2) is 6.61 Å². The second-order valence-electron chi connectivity index (χ2n) is 6.46. The van der Waals surface area contributed by atoms with Gasteiger partial charge in [0.05, 0.1) is 5.69 Å². The zero-order valence-electron chi connectivity index (χ0n) is 14.8. The summed E-state index contributed by atoms with van der Waals surface area (Å²) in [6.45, 7) is -0.223. The fraction of sp³-hybridized carbons (Fsp3) is 0.150. The number of halogens is 1. The summed E-state index contributed by atoms with van der Waals surface area (Å²) >= 11 is 0. The summed E-state index contributed by atoms with van der Waals surface area (Å²) in [5, 5.41) is 2.85. The van der Waals surface area contributed by atoms with Gasteiger partial charge in [-0.1, -0.05) is 12.1 Å². The largest absolute Gasteiger partial charge is 0.484 e.